The monoisotopic (exact) mass is 361 g/mol. The van der Waals surface area contributed by atoms with Gasteiger partial charge in [-0.15, -0.1) is 0 Å². The first-order valence-corrected chi connectivity index (χ1v) is 9.89. The van der Waals surface area contributed by atoms with Crippen LogP contribution in [0.5, 0.6) is 0 Å². The van der Waals surface area contributed by atoms with Gasteiger partial charge < -0.3 is 14.7 Å². The Bertz CT molecular complexity index is 637. The van der Waals surface area contributed by atoms with E-state index in [9.17, 15) is 9.59 Å². The highest BCUT2D eigenvalue weighted by molar-refractivity contribution is 5.92. The molecule has 2 aliphatic rings. The Hall–Kier alpha value is -1.85. The van der Waals surface area contributed by atoms with Crippen molar-refractivity contribution in [2.45, 2.75) is 78.3 Å². The van der Waals surface area contributed by atoms with Crippen molar-refractivity contribution in [2.75, 3.05) is 6.54 Å². The molecule has 1 heterocycles. The van der Waals surface area contributed by atoms with Gasteiger partial charge in [0.25, 0.3) is 5.91 Å². The van der Waals surface area contributed by atoms with E-state index in [1.54, 1.807) is 6.07 Å². The van der Waals surface area contributed by atoms with Crippen molar-refractivity contribution in [3.8, 4) is 0 Å². The zero-order chi connectivity index (χ0) is 18.7. The first-order valence-electron chi connectivity index (χ1n) is 9.89. The Morgan fingerprint density at radius 1 is 1.19 bits per heavy atom. The summed E-state index contributed by atoms with van der Waals surface area (Å²) in [6, 6.07) is 1.92. The maximum Gasteiger partial charge on any atom is 0.273 e. The summed E-state index contributed by atoms with van der Waals surface area (Å²) in [6.45, 7) is 6.92. The van der Waals surface area contributed by atoms with Gasteiger partial charge in [0.15, 0.2) is 11.5 Å². The second-order valence-corrected chi connectivity index (χ2v) is 8.81. The summed E-state index contributed by atoms with van der Waals surface area (Å²) in [6.07, 6.45) is 8.00. The zero-order valence-electron chi connectivity index (χ0n) is 16.2. The lowest BCUT2D eigenvalue weighted by Crippen LogP contribution is -2.46. The molecule has 1 aromatic heterocycles. The van der Waals surface area contributed by atoms with Crippen molar-refractivity contribution in [1.82, 2.24) is 15.4 Å². The Labute approximate surface area is 155 Å². The van der Waals surface area contributed by atoms with Gasteiger partial charge in [0, 0.05) is 24.1 Å². The molecule has 2 amide bonds. The summed E-state index contributed by atoms with van der Waals surface area (Å²) in [5, 5.41) is 6.81. The number of nitrogens with zero attached hydrogens (tertiary/aromatic N) is 2. The van der Waals surface area contributed by atoms with Crippen LogP contribution in [0.4, 0.5) is 0 Å². The Morgan fingerprint density at radius 2 is 1.88 bits per heavy atom. The molecule has 1 aromatic rings. The molecule has 0 radical (unpaired) electrons. The van der Waals surface area contributed by atoms with Crippen LogP contribution in [0.25, 0.3) is 0 Å². The molecule has 0 atom stereocenters. The van der Waals surface area contributed by atoms with Crippen molar-refractivity contribution < 1.29 is 14.1 Å². The number of nitrogens with one attached hydrogen (secondary N) is 1. The molecule has 26 heavy (non-hydrogen) atoms. The van der Waals surface area contributed by atoms with Gasteiger partial charge in [-0.1, -0.05) is 45.2 Å². The highest BCUT2D eigenvalue weighted by atomic mass is 16.5. The minimum atomic E-state index is -0.443. The third-order valence-corrected chi connectivity index (χ3v) is 5.28. The molecule has 0 aromatic carbocycles. The summed E-state index contributed by atoms with van der Waals surface area (Å²) in [7, 11) is 0. The number of carbonyl (C=O) groups excluding carboxylic acids is 2. The fourth-order valence-corrected chi connectivity index (χ4v) is 3.50. The van der Waals surface area contributed by atoms with Crippen LogP contribution < -0.4 is 5.32 Å². The topological polar surface area (TPSA) is 75.4 Å². The first kappa shape index (κ1) is 18.9. The van der Waals surface area contributed by atoms with Crippen LogP contribution >= 0.6 is 0 Å². The van der Waals surface area contributed by atoms with E-state index in [1.807, 2.05) is 25.7 Å². The fraction of sp³-hybridized carbons (Fsp3) is 0.750. The van der Waals surface area contributed by atoms with Crippen molar-refractivity contribution in [1.29, 1.82) is 0 Å². The Kier molecular flexibility index (Phi) is 5.68. The zero-order valence-corrected chi connectivity index (χ0v) is 16.2. The fourth-order valence-electron chi connectivity index (χ4n) is 3.50. The molecule has 2 fully saturated rings. The van der Waals surface area contributed by atoms with Gasteiger partial charge in [-0.3, -0.25) is 9.59 Å². The summed E-state index contributed by atoms with van der Waals surface area (Å²) in [4.78, 5) is 27.1. The lowest BCUT2D eigenvalue weighted by Gasteiger charge is -2.37. The van der Waals surface area contributed by atoms with Crippen LogP contribution in [0.3, 0.4) is 0 Å². The van der Waals surface area contributed by atoms with Gasteiger partial charge in [-0.25, -0.2) is 0 Å². The number of rotatable bonds is 6. The minimum Gasteiger partial charge on any atom is -0.359 e. The number of carbonyl (C=O) groups is 2. The van der Waals surface area contributed by atoms with E-state index in [1.165, 1.54) is 19.3 Å². The van der Waals surface area contributed by atoms with E-state index in [0.717, 1.165) is 25.7 Å². The van der Waals surface area contributed by atoms with E-state index in [2.05, 4.69) is 10.5 Å². The van der Waals surface area contributed by atoms with Crippen LogP contribution in [0.1, 0.15) is 82.0 Å². The normalized spacial score (nSPS) is 18.6. The molecule has 1 N–H and O–H groups in total. The maximum absolute atomic E-state index is 13.0. The third kappa shape index (κ3) is 4.86. The van der Waals surface area contributed by atoms with Crippen LogP contribution in [0, 0.1) is 11.3 Å². The van der Waals surface area contributed by atoms with Crippen LogP contribution in [-0.2, 0) is 11.3 Å². The molecule has 0 bridgehead atoms. The van der Waals surface area contributed by atoms with Gasteiger partial charge in [0.05, 0.1) is 6.54 Å². The van der Waals surface area contributed by atoms with E-state index in [-0.39, 0.29) is 17.9 Å². The molecule has 3 rings (SSSR count). The van der Waals surface area contributed by atoms with E-state index >= 15 is 0 Å². The standard InChI is InChI=1S/C20H31N3O3/c1-20(2,3)19(25)23(15-7-5-4-6-8-15)13-16-11-17(22-26-16)18(24)21-12-14-9-10-14/h11,14-15H,4-10,12-13H2,1-3H3,(H,21,24). The molecular weight excluding hydrogens is 330 g/mol. The quantitative estimate of drug-likeness (QED) is 0.841. The number of amides is 2. The Balaban J connectivity index is 1.67. The lowest BCUT2D eigenvalue weighted by atomic mass is 9.89. The second kappa shape index (κ2) is 7.80. The molecule has 6 nitrogen and oxygen atoms in total. The highest BCUT2D eigenvalue weighted by Crippen LogP contribution is 2.29. The highest BCUT2D eigenvalue weighted by Gasteiger charge is 2.33. The average Bonchev–Trinajstić information content (AvgIpc) is 3.33. The molecule has 0 aliphatic heterocycles. The predicted molar refractivity (Wildman–Crippen MR) is 98.4 cm³/mol. The number of hydrogen-bond acceptors (Lipinski definition) is 4. The van der Waals surface area contributed by atoms with E-state index in [0.29, 0.717) is 30.5 Å². The van der Waals surface area contributed by atoms with Crippen LogP contribution in [0.15, 0.2) is 10.6 Å². The van der Waals surface area contributed by atoms with Crippen molar-refractivity contribution in [2.24, 2.45) is 11.3 Å². The predicted octanol–water partition coefficient (Wildman–Crippen LogP) is 3.52. The van der Waals surface area contributed by atoms with Crippen LogP contribution in [-0.4, -0.2) is 34.5 Å². The minimum absolute atomic E-state index is 0.125. The first-order chi connectivity index (χ1) is 12.3. The van der Waals surface area contributed by atoms with Crippen molar-refractivity contribution in [3.05, 3.63) is 17.5 Å². The second-order valence-electron chi connectivity index (χ2n) is 8.81. The molecule has 6 heteroatoms. The molecule has 144 valence electrons. The summed E-state index contributed by atoms with van der Waals surface area (Å²) >= 11 is 0. The summed E-state index contributed by atoms with van der Waals surface area (Å²) < 4.78 is 5.39. The van der Waals surface area contributed by atoms with Gasteiger partial charge >= 0.3 is 0 Å². The summed E-state index contributed by atoms with van der Waals surface area (Å²) in [5.41, 5.74) is -0.144. The van der Waals surface area contributed by atoms with Gasteiger partial charge in [-0.05, 0) is 31.6 Å². The van der Waals surface area contributed by atoms with Crippen LogP contribution in [0.2, 0.25) is 0 Å². The smallest absolute Gasteiger partial charge is 0.273 e. The van der Waals surface area contributed by atoms with E-state index in [4.69, 9.17) is 4.52 Å². The van der Waals surface area contributed by atoms with Gasteiger partial charge in [0.2, 0.25) is 5.91 Å². The molecular formula is C20H31N3O3. The molecule has 0 saturated heterocycles. The maximum atomic E-state index is 13.0. The van der Waals surface area contributed by atoms with Crippen molar-refractivity contribution >= 4 is 11.8 Å². The number of aromatic nitrogens is 1. The van der Waals surface area contributed by atoms with Gasteiger partial charge in [0.1, 0.15) is 0 Å². The molecule has 0 spiro atoms. The molecule has 2 aliphatic carbocycles. The van der Waals surface area contributed by atoms with E-state index < -0.39 is 5.41 Å². The largest absolute Gasteiger partial charge is 0.359 e. The van der Waals surface area contributed by atoms with Crippen molar-refractivity contribution in [3.63, 3.8) is 0 Å². The summed E-state index contributed by atoms with van der Waals surface area (Å²) in [5.74, 6) is 1.13. The third-order valence-electron chi connectivity index (χ3n) is 5.28. The van der Waals surface area contributed by atoms with Gasteiger partial charge in [-0.2, -0.15) is 0 Å². The SMILES string of the molecule is CC(C)(C)C(=O)N(Cc1cc(C(=O)NCC2CC2)no1)C1CCCCC1. The lowest BCUT2D eigenvalue weighted by molar-refractivity contribution is -0.143. The number of hydrogen-bond donors (Lipinski definition) is 1. The molecule has 0 unspecified atom stereocenters. The average molecular weight is 361 g/mol. The Morgan fingerprint density at radius 3 is 2.50 bits per heavy atom. The molecule has 2 saturated carbocycles.